The predicted octanol–water partition coefficient (Wildman–Crippen LogP) is 3.92. The van der Waals surface area contributed by atoms with Crippen LogP contribution in [0, 0.1) is 6.92 Å². The highest BCUT2D eigenvalue weighted by Gasteiger charge is 2.07. The second kappa shape index (κ2) is 3.62. The summed E-state index contributed by atoms with van der Waals surface area (Å²) in [6.07, 6.45) is 0. The number of hydrogen-bond acceptors (Lipinski definition) is 1. The molecule has 2 heteroatoms. The lowest BCUT2D eigenvalue weighted by Crippen LogP contribution is -1.89. The minimum absolute atomic E-state index is 0.920. The Labute approximate surface area is 91.8 Å². The van der Waals surface area contributed by atoms with Gasteiger partial charge >= 0.3 is 0 Å². The maximum atomic E-state index is 5.34. The fraction of sp³-hybridized carbons (Fsp3) is 0.167. The van der Waals surface area contributed by atoms with Crippen molar-refractivity contribution in [2.75, 3.05) is 7.11 Å². The summed E-state index contributed by atoms with van der Waals surface area (Å²) in [7, 11) is 1.70. The molecule has 0 saturated heterocycles. The fourth-order valence-electron chi connectivity index (χ4n) is 1.72. The van der Waals surface area contributed by atoms with Gasteiger partial charge in [-0.05, 0) is 39.7 Å². The Morgan fingerprint density at radius 1 is 1.21 bits per heavy atom. The van der Waals surface area contributed by atoms with E-state index in [1.807, 2.05) is 12.1 Å². The van der Waals surface area contributed by atoms with Crippen LogP contribution in [0.1, 0.15) is 5.56 Å². The Kier molecular flexibility index (Phi) is 2.46. The van der Waals surface area contributed by atoms with Crippen LogP contribution in [0.4, 0.5) is 0 Å². The highest BCUT2D eigenvalue weighted by Crippen LogP contribution is 2.34. The van der Waals surface area contributed by atoms with E-state index in [-0.39, 0.29) is 0 Å². The number of halogens is 1. The molecule has 0 N–H and O–H groups in total. The van der Waals surface area contributed by atoms with E-state index in [1.165, 1.54) is 16.3 Å². The molecule has 0 amide bonds. The molecular formula is C12H11BrO. The molecule has 0 aliphatic carbocycles. The Morgan fingerprint density at radius 3 is 2.64 bits per heavy atom. The standard InChI is InChI=1S/C12H11BrO/c1-8-10-6-4-3-5-9(10)7-11(13)12(8)14-2/h3-7H,1-2H3. The molecule has 72 valence electrons. The van der Waals surface area contributed by atoms with Gasteiger partial charge in [0.25, 0.3) is 0 Å². The van der Waals surface area contributed by atoms with E-state index >= 15 is 0 Å². The third-order valence-corrected chi connectivity index (χ3v) is 3.00. The number of rotatable bonds is 1. The molecule has 1 nitrogen and oxygen atoms in total. The lowest BCUT2D eigenvalue weighted by atomic mass is 10.0. The van der Waals surface area contributed by atoms with E-state index in [9.17, 15) is 0 Å². The van der Waals surface area contributed by atoms with Crippen LogP contribution in [0.5, 0.6) is 5.75 Å². The van der Waals surface area contributed by atoms with Crippen molar-refractivity contribution in [1.29, 1.82) is 0 Å². The molecule has 2 aromatic rings. The molecule has 0 bridgehead atoms. The minimum atomic E-state index is 0.920. The van der Waals surface area contributed by atoms with Crippen LogP contribution < -0.4 is 4.74 Å². The molecular weight excluding hydrogens is 240 g/mol. The largest absolute Gasteiger partial charge is 0.495 e. The molecule has 0 radical (unpaired) electrons. The summed E-state index contributed by atoms with van der Waals surface area (Å²) < 4.78 is 6.35. The first-order valence-electron chi connectivity index (χ1n) is 4.46. The molecule has 0 unspecified atom stereocenters. The number of methoxy groups -OCH3 is 1. The van der Waals surface area contributed by atoms with Gasteiger partial charge in [0, 0.05) is 5.56 Å². The first kappa shape index (κ1) is 9.53. The zero-order valence-electron chi connectivity index (χ0n) is 8.17. The Hall–Kier alpha value is -1.02. The SMILES string of the molecule is COc1c(Br)cc2ccccc2c1C. The zero-order valence-corrected chi connectivity index (χ0v) is 9.76. The molecule has 2 aromatic carbocycles. The quantitative estimate of drug-likeness (QED) is 0.746. The fourth-order valence-corrected chi connectivity index (χ4v) is 2.42. The van der Waals surface area contributed by atoms with E-state index in [0.29, 0.717) is 0 Å². The average molecular weight is 251 g/mol. The number of aryl methyl sites for hydroxylation is 1. The third kappa shape index (κ3) is 1.40. The van der Waals surface area contributed by atoms with Gasteiger partial charge in [-0.3, -0.25) is 0 Å². The van der Waals surface area contributed by atoms with Crippen LogP contribution >= 0.6 is 15.9 Å². The van der Waals surface area contributed by atoms with Gasteiger partial charge in [0.15, 0.2) is 0 Å². The number of ether oxygens (including phenoxy) is 1. The first-order chi connectivity index (χ1) is 6.74. The smallest absolute Gasteiger partial charge is 0.136 e. The van der Waals surface area contributed by atoms with Gasteiger partial charge in [-0.2, -0.15) is 0 Å². The Morgan fingerprint density at radius 2 is 1.93 bits per heavy atom. The molecule has 0 aromatic heterocycles. The van der Waals surface area contributed by atoms with Gasteiger partial charge in [0.2, 0.25) is 0 Å². The van der Waals surface area contributed by atoms with Crippen LogP contribution in [0.2, 0.25) is 0 Å². The summed E-state index contributed by atoms with van der Waals surface area (Å²) in [5.74, 6) is 0.920. The van der Waals surface area contributed by atoms with Gasteiger partial charge in [-0.1, -0.05) is 24.3 Å². The molecule has 0 heterocycles. The van der Waals surface area contributed by atoms with Gasteiger partial charge in [-0.25, -0.2) is 0 Å². The number of hydrogen-bond donors (Lipinski definition) is 0. The van der Waals surface area contributed by atoms with E-state index < -0.39 is 0 Å². The highest BCUT2D eigenvalue weighted by atomic mass is 79.9. The molecule has 0 atom stereocenters. The summed E-state index contributed by atoms with van der Waals surface area (Å²) in [6, 6.07) is 10.4. The first-order valence-corrected chi connectivity index (χ1v) is 5.25. The minimum Gasteiger partial charge on any atom is -0.495 e. The number of fused-ring (bicyclic) bond motifs is 1. The van der Waals surface area contributed by atoms with Crippen molar-refractivity contribution in [3.8, 4) is 5.75 Å². The zero-order chi connectivity index (χ0) is 10.1. The van der Waals surface area contributed by atoms with E-state index in [0.717, 1.165) is 10.2 Å². The van der Waals surface area contributed by atoms with Crippen LogP contribution in [-0.2, 0) is 0 Å². The van der Waals surface area contributed by atoms with Gasteiger partial charge in [-0.15, -0.1) is 0 Å². The van der Waals surface area contributed by atoms with Crippen LogP contribution in [0.15, 0.2) is 34.8 Å². The molecule has 14 heavy (non-hydrogen) atoms. The van der Waals surface area contributed by atoms with E-state index in [2.05, 4.69) is 41.1 Å². The van der Waals surface area contributed by atoms with Gasteiger partial charge < -0.3 is 4.74 Å². The predicted molar refractivity (Wildman–Crippen MR) is 62.9 cm³/mol. The maximum Gasteiger partial charge on any atom is 0.136 e. The molecule has 2 rings (SSSR count). The van der Waals surface area contributed by atoms with Crippen molar-refractivity contribution in [1.82, 2.24) is 0 Å². The molecule has 0 fully saturated rings. The lowest BCUT2D eigenvalue weighted by Gasteiger charge is -2.10. The summed E-state index contributed by atoms with van der Waals surface area (Å²) in [6.45, 7) is 2.08. The number of benzene rings is 2. The van der Waals surface area contributed by atoms with Gasteiger partial charge in [0.05, 0.1) is 11.6 Å². The summed E-state index contributed by atoms with van der Waals surface area (Å²) in [5.41, 5.74) is 1.18. The second-order valence-corrected chi connectivity index (χ2v) is 4.09. The molecule has 0 spiro atoms. The average Bonchev–Trinajstić information content (AvgIpc) is 2.18. The van der Waals surface area contributed by atoms with Crippen LogP contribution in [0.3, 0.4) is 0 Å². The Balaban J connectivity index is 2.86. The molecule has 0 saturated carbocycles. The van der Waals surface area contributed by atoms with Crippen molar-refractivity contribution in [3.05, 3.63) is 40.4 Å². The topological polar surface area (TPSA) is 9.23 Å². The van der Waals surface area contributed by atoms with E-state index in [1.54, 1.807) is 7.11 Å². The third-order valence-electron chi connectivity index (χ3n) is 2.41. The summed E-state index contributed by atoms with van der Waals surface area (Å²) in [4.78, 5) is 0. The van der Waals surface area contributed by atoms with Gasteiger partial charge in [0.1, 0.15) is 5.75 Å². The highest BCUT2D eigenvalue weighted by molar-refractivity contribution is 9.10. The van der Waals surface area contributed by atoms with Crippen molar-refractivity contribution in [3.63, 3.8) is 0 Å². The normalized spacial score (nSPS) is 10.5. The second-order valence-electron chi connectivity index (χ2n) is 3.24. The van der Waals surface area contributed by atoms with Crippen molar-refractivity contribution in [2.24, 2.45) is 0 Å². The monoisotopic (exact) mass is 250 g/mol. The van der Waals surface area contributed by atoms with Crippen LogP contribution in [0.25, 0.3) is 10.8 Å². The summed E-state index contributed by atoms with van der Waals surface area (Å²) in [5, 5.41) is 2.48. The van der Waals surface area contributed by atoms with Crippen molar-refractivity contribution < 1.29 is 4.74 Å². The maximum absolute atomic E-state index is 5.34. The summed E-state index contributed by atoms with van der Waals surface area (Å²) >= 11 is 3.50. The lowest BCUT2D eigenvalue weighted by molar-refractivity contribution is 0.410. The molecule has 0 aliphatic rings. The van der Waals surface area contributed by atoms with Crippen LogP contribution in [-0.4, -0.2) is 7.11 Å². The van der Waals surface area contributed by atoms with Crippen molar-refractivity contribution >= 4 is 26.7 Å². The molecule has 0 aliphatic heterocycles. The van der Waals surface area contributed by atoms with Crippen molar-refractivity contribution in [2.45, 2.75) is 6.92 Å². The van der Waals surface area contributed by atoms with E-state index in [4.69, 9.17) is 4.74 Å². The Bertz CT molecular complexity index is 477.